The molecule has 0 unspecified atom stereocenters. The van der Waals surface area contributed by atoms with Crippen LogP contribution in [-0.2, 0) is 0 Å². The zero-order valence-electron chi connectivity index (χ0n) is 14.0. The van der Waals surface area contributed by atoms with E-state index in [-0.39, 0.29) is 11.5 Å². The Morgan fingerprint density at radius 3 is 2.36 bits per heavy atom. The van der Waals surface area contributed by atoms with Crippen LogP contribution in [0.3, 0.4) is 0 Å². The minimum absolute atomic E-state index is 0.270. The molecule has 0 fully saturated rings. The number of carbonyl (C=O) groups is 3. The number of imide groups is 1. The van der Waals surface area contributed by atoms with Gasteiger partial charge in [-0.1, -0.05) is 0 Å². The molecule has 0 bridgehead atoms. The van der Waals surface area contributed by atoms with E-state index in [0.717, 1.165) is 4.90 Å². The number of hydrogen-bond acceptors (Lipinski definition) is 5. The third-order valence-corrected chi connectivity index (χ3v) is 4.00. The van der Waals surface area contributed by atoms with Gasteiger partial charge < -0.3 is 14.8 Å². The van der Waals surface area contributed by atoms with Crippen molar-refractivity contribution < 1.29 is 23.9 Å². The summed E-state index contributed by atoms with van der Waals surface area (Å²) in [5.74, 6) is -0.209. The van der Waals surface area contributed by atoms with E-state index in [1.54, 1.807) is 24.3 Å². The van der Waals surface area contributed by atoms with Gasteiger partial charge in [-0.25, -0.2) is 0 Å². The van der Waals surface area contributed by atoms with Gasteiger partial charge >= 0.3 is 0 Å². The van der Waals surface area contributed by atoms with Crippen LogP contribution in [0.5, 0.6) is 11.5 Å². The van der Waals surface area contributed by atoms with Gasteiger partial charge in [0.05, 0.1) is 30.9 Å². The van der Waals surface area contributed by atoms with E-state index < -0.39 is 11.8 Å². The van der Waals surface area contributed by atoms with E-state index in [0.29, 0.717) is 28.3 Å². The van der Waals surface area contributed by atoms with E-state index in [1.807, 2.05) is 0 Å². The number of rotatable bonds is 4. The first-order valence-electron chi connectivity index (χ1n) is 7.46. The number of fused-ring (bicyclic) bond motifs is 1. The summed E-state index contributed by atoms with van der Waals surface area (Å²) >= 11 is 0. The van der Waals surface area contributed by atoms with E-state index in [9.17, 15) is 14.4 Å². The van der Waals surface area contributed by atoms with Gasteiger partial charge in [-0.2, -0.15) is 0 Å². The second kappa shape index (κ2) is 6.27. The molecule has 3 rings (SSSR count). The van der Waals surface area contributed by atoms with Crippen LogP contribution in [0.1, 0.15) is 31.1 Å². The standard InChI is InChI=1S/C18H16N2O5/c1-20-17(22)12-6-4-10(8-14(12)18(20)23)19-16(21)13-7-5-11(24-2)9-15(13)25-3/h4-9H,1-3H3,(H,19,21). The average Bonchev–Trinajstić information content (AvgIpc) is 2.85. The summed E-state index contributed by atoms with van der Waals surface area (Å²) in [4.78, 5) is 37.5. The topological polar surface area (TPSA) is 84.9 Å². The molecule has 128 valence electrons. The molecule has 0 aromatic heterocycles. The van der Waals surface area contributed by atoms with Gasteiger partial charge in [0.1, 0.15) is 11.5 Å². The lowest BCUT2D eigenvalue weighted by Gasteiger charge is -2.11. The average molecular weight is 340 g/mol. The third-order valence-electron chi connectivity index (χ3n) is 4.00. The number of hydrogen-bond donors (Lipinski definition) is 1. The van der Waals surface area contributed by atoms with Gasteiger partial charge in [0.2, 0.25) is 0 Å². The second-order valence-electron chi connectivity index (χ2n) is 5.45. The normalized spacial score (nSPS) is 12.8. The molecule has 1 aliphatic rings. The minimum Gasteiger partial charge on any atom is -0.497 e. The largest absolute Gasteiger partial charge is 0.497 e. The number of anilines is 1. The number of amides is 3. The molecule has 0 aliphatic carbocycles. The van der Waals surface area contributed by atoms with Crippen molar-refractivity contribution in [3.63, 3.8) is 0 Å². The molecule has 1 N–H and O–H groups in total. The van der Waals surface area contributed by atoms with Crippen molar-refractivity contribution in [2.45, 2.75) is 0 Å². The first kappa shape index (κ1) is 16.5. The van der Waals surface area contributed by atoms with Crippen LogP contribution in [-0.4, -0.2) is 43.9 Å². The number of nitrogens with one attached hydrogen (secondary N) is 1. The zero-order chi connectivity index (χ0) is 18.1. The molecular weight excluding hydrogens is 324 g/mol. The quantitative estimate of drug-likeness (QED) is 0.863. The van der Waals surface area contributed by atoms with E-state index in [1.165, 1.54) is 33.4 Å². The molecule has 0 saturated carbocycles. The maximum Gasteiger partial charge on any atom is 0.261 e. The predicted molar refractivity (Wildman–Crippen MR) is 90.4 cm³/mol. The van der Waals surface area contributed by atoms with Gasteiger partial charge in [-0.15, -0.1) is 0 Å². The van der Waals surface area contributed by atoms with Gasteiger partial charge in [-0.3, -0.25) is 19.3 Å². The Hall–Kier alpha value is -3.35. The highest BCUT2D eigenvalue weighted by Gasteiger charge is 2.32. The molecule has 1 heterocycles. The molecule has 2 aromatic rings. The monoisotopic (exact) mass is 340 g/mol. The van der Waals surface area contributed by atoms with Crippen molar-refractivity contribution in [1.29, 1.82) is 0 Å². The number of nitrogens with zero attached hydrogens (tertiary/aromatic N) is 1. The predicted octanol–water partition coefficient (Wildman–Crippen LogP) is 2.18. The van der Waals surface area contributed by atoms with Crippen LogP contribution in [0.4, 0.5) is 5.69 Å². The summed E-state index contributed by atoms with van der Waals surface area (Å²) in [6.45, 7) is 0. The van der Waals surface area contributed by atoms with Crippen LogP contribution in [0, 0.1) is 0 Å². The van der Waals surface area contributed by atoms with Crippen molar-refractivity contribution in [2.24, 2.45) is 0 Å². The highest BCUT2D eigenvalue weighted by Crippen LogP contribution is 2.27. The lowest BCUT2D eigenvalue weighted by atomic mass is 10.1. The molecule has 0 atom stereocenters. The van der Waals surface area contributed by atoms with Gasteiger partial charge in [0, 0.05) is 18.8 Å². The summed E-state index contributed by atoms with van der Waals surface area (Å²) in [5.41, 5.74) is 1.33. The first-order valence-corrected chi connectivity index (χ1v) is 7.46. The smallest absolute Gasteiger partial charge is 0.261 e. The fraction of sp³-hybridized carbons (Fsp3) is 0.167. The minimum atomic E-state index is -0.399. The molecule has 3 amide bonds. The summed E-state index contributed by atoms with van der Waals surface area (Å²) in [6.07, 6.45) is 0. The Kier molecular flexibility index (Phi) is 4.14. The molecule has 0 radical (unpaired) electrons. The van der Waals surface area contributed by atoms with Gasteiger partial charge in [0.15, 0.2) is 0 Å². The molecular formula is C18H16N2O5. The maximum atomic E-state index is 12.5. The molecule has 7 nitrogen and oxygen atoms in total. The molecule has 2 aromatic carbocycles. The van der Waals surface area contributed by atoms with Crippen LogP contribution >= 0.6 is 0 Å². The fourth-order valence-corrected chi connectivity index (χ4v) is 2.62. The van der Waals surface area contributed by atoms with Crippen LogP contribution in [0.2, 0.25) is 0 Å². The lowest BCUT2D eigenvalue weighted by molar-refractivity contribution is 0.0692. The zero-order valence-corrected chi connectivity index (χ0v) is 14.0. The SMILES string of the molecule is COc1ccc(C(=O)Nc2ccc3c(c2)C(=O)N(C)C3=O)c(OC)c1. The van der Waals surface area contributed by atoms with Gasteiger partial charge in [0.25, 0.3) is 17.7 Å². The Bertz CT molecular complexity index is 891. The highest BCUT2D eigenvalue weighted by molar-refractivity contribution is 6.21. The summed E-state index contributed by atoms with van der Waals surface area (Å²) in [5, 5.41) is 2.71. The van der Waals surface area contributed by atoms with Crippen molar-refractivity contribution in [1.82, 2.24) is 4.90 Å². The van der Waals surface area contributed by atoms with Crippen molar-refractivity contribution in [3.05, 3.63) is 53.1 Å². The van der Waals surface area contributed by atoms with E-state index in [2.05, 4.69) is 5.32 Å². The summed E-state index contributed by atoms with van der Waals surface area (Å²) in [7, 11) is 4.40. The van der Waals surface area contributed by atoms with Crippen molar-refractivity contribution >= 4 is 23.4 Å². The van der Waals surface area contributed by atoms with Gasteiger partial charge in [-0.05, 0) is 30.3 Å². The van der Waals surface area contributed by atoms with E-state index >= 15 is 0 Å². The Labute approximate surface area is 144 Å². The number of benzene rings is 2. The Morgan fingerprint density at radius 1 is 0.960 bits per heavy atom. The Balaban J connectivity index is 1.88. The van der Waals surface area contributed by atoms with Crippen LogP contribution in [0.25, 0.3) is 0 Å². The number of carbonyl (C=O) groups excluding carboxylic acids is 3. The molecule has 25 heavy (non-hydrogen) atoms. The number of methoxy groups -OCH3 is 2. The molecule has 1 aliphatic heterocycles. The van der Waals surface area contributed by atoms with Crippen molar-refractivity contribution in [2.75, 3.05) is 26.6 Å². The maximum absolute atomic E-state index is 12.5. The third kappa shape index (κ3) is 2.80. The fourth-order valence-electron chi connectivity index (χ4n) is 2.62. The first-order chi connectivity index (χ1) is 12.0. The second-order valence-corrected chi connectivity index (χ2v) is 5.45. The Morgan fingerprint density at radius 2 is 1.68 bits per heavy atom. The summed E-state index contributed by atoms with van der Waals surface area (Å²) < 4.78 is 10.3. The molecule has 0 saturated heterocycles. The molecule has 0 spiro atoms. The van der Waals surface area contributed by atoms with E-state index in [4.69, 9.17) is 9.47 Å². The number of ether oxygens (including phenoxy) is 2. The van der Waals surface area contributed by atoms with Crippen molar-refractivity contribution in [3.8, 4) is 11.5 Å². The van der Waals surface area contributed by atoms with Crippen LogP contribution < -0.4 is 14.8 Å². The summed E-state index contributed by atoms with van der Waals surface area (Å²) in [6, 6.07) is 9.44. The van der Waals surface area contributed by atoms with Crippen LogP contribution in [0.15, 0.2) is 36.4 Å². The highest BCUT2D eigenvalue weighted by atomic mass is 16.5. The molecule has 7 heteroatoms. The lowest BCUT2D eigenvalue weighted by Crippen LogP contribution is -2.24.